The highest BCUT2D eigenvalue weighted by Gasteiger charge is 2.21. The minimum atomic E-state index is -1.37. The Morgan fingerprint density at radius 3 is 2.56 bits per heavy atom. The van der Waals surface area contributed by atoms with Crippen molar-refractivity contribution in [2.45, 2.75) is 0 Å². The summed E-state index contributed by atoms with van der Waals surface area (Å²) in [5.41, 5.74) is 1.96. The van der Waals surface area contributed by atoms with Gasteiger partial charge in [-0.15, -0.1) is 0 Å². The van der Waals surface area contributed by atoms with Gasteiger partial charge in [0.2, 0.25) is 0 Å². The summed E-state index contributed by atoms with van der Waals surface area (Å²) in [5, 5.41) is 18.4. The summed E-state index contributed by atoms with van der Waals surface area (Å²) in [7, 11) is 0. The summed E-state index contributed by atoms with van der Waals surface area (Å²) in [4.78, 5) is 23.2. The van der Waals surface area contributed by atoms with Crippen LogP contribution in [0.4, 0.5) is 0 Å². The fourth-order valence-electron chi connectivity index (χ4n) is 2.78. The van der Waals surface area contributed by atoms with E-state index in [1.54, 1.807) is 16.9 Å². The van der Waals surface area contributed by atoms with Crippen molar-refractivity contribution in [1.29, 1.82) is 0 Å². The number of aromatic nitrogens is 2. The maximum atomic E-state index is 12.5. The standard InChI is InChI=1S/C20H15N3O4/c24-18(25)11-21-20(26)15-12-23(14-7-2-1-3-8-14)22-19(15)17-10-13-6-4-5-9-16(13)27-17/h1-10,12H,11H2,(H,21,26)(H,24,25)/p-1. The molecule has 4 aromatic rings. The van der Waals surface area contributed by atoms with Crippen LogP contribution in [0.25, 0.3) is 28.1 Å². The van der Waals surface area contributed by atoms with Crippen LogP contribution in [-0.2, 0) is 4.79 Å². The van der Waals surface area contributed by atoms with E-state index in [-0.39, 0.29) is 5.56 Å². The number of hydrogen-bond acceptors (Lipinski definition) is 5. The van der Waals surface area contributed by atoms with Gasteiger partial charge in [-0.1, -0.05) is 36.4 Å². The highest BCUT2D eigenvalue weighted by Crippen LogP contribution is 2.29. The topological polar surface area (TPSA) is 100 Å². The minimum Gasteiger partial charge on any atom is -0.548 e. The van der Waals surface area contributed by atoms with Crippen molar-refractivity contribution in [3.05, 3.63) is 72.4 Å². The Labute approximate surface area is 153 Å². The Morgan fingerprint density at radius 1 is 1.07 bits per heavy atom. The third-order valence-electron chi connectivity index (χ3n) is 4.03. The Balaban J connectivity index is 1.81. The molecule has 0 radical (unpaired) electrons. The van der Waals surface area contributed by atoms with Crippen LogP contribution in [0.2, 0.25) is 0 Å². The number of nitrogens with zero attached hydrogens (tertiary/aromatic N) is 2. The molecule has 0 spiro atoms. The van der Waals surface area contributed by atoms with E-state index in [1.165, 1.54) is 0 Å². The molecular formula is C20H14N3O4-. The van der Waals surface area contributed by atoms with Gasteiger partial charge in [-0.05, 0) is 24.3 Å². The second-order valence-corrected chi connectivity index (χ2v) is 5.87. The van der Waals surface area contributed by atoms with Gasteiger partial charge in [-0.25, -0.2) is 4.68 Å². The van der Waals surface area contributed by atoms with E-state index in [0.29, 0.717) is 17.0 Å². The summed E-state index contributed by atoms with van der Waals surface area (Å²) in [6.07, 6.45) is 1.54. The van der Waals surface area contributed by atoms with E-state index in [0.717, 1.165) is 11.1 Å². The zero-order chi connectivity index (χ0) is 18.8. The van der Waals surface area contributed by atoms with Crippen LogP contribution >= 0.6 is 0 Å². The molecule has 7 nitrogen and oxygen atoms in total. The molecule has 134 valence electrons. The van der Waals surface area contributed by atoms with Crippen LogP contribution < -0.4 is 10.4 Å². The monoisotopic (exact) mass is 360 g/mol. The molecule has 1 amide bonds. The van der Waals surface area contributed by atoms with Gasteiger partial charge in [0, 0.05) is 11.6 Å². The SMILES string of the molecule is O=C([O-])CNC(=O)c1cn(-c2ccccc2)nc1-c1cc2ccccc2o1. The molecule has 0 atom stereocenters. The first-order valence-corrected chi connectivity index (χ1v) is 8.24. The van der Waals surface area contributed by atoms with Gasteiger partial charge >= 0.3 is 0 Å². The van der Waals surface area contributed by atoms with Crippen LogP contribution in [0.1, 0.15) is 10.4 Å². The van der Waals surface area contributed by atoms with Crippen molar-refractivity contribution >= 4 is 22.8 Å². The molecule has 0 fully saturated rings. The summed E-state index contributed by atoms with van der Waals surface area (Å²) < 4.78 is 7.39. The Hall–Kier alpha value is -3.87. The Morgan fingerprint density at radius 2 is 1.81 bits per heavy atom. The molecular weight excluding hydrogens is 346 g/mol. The van der Waals surface area contributed by atoms with E-state index in [2.05, 4.69) is 10.4 Å². The molecule has 0 aliphatic heterocycles. The number of rotatable bonds is 5. The van der Waals surface area contributed by atoms with Crippen molar-refractivity contribution in [3.63, 3.8) is 0 Å². The van der Waals surface area contributed by atoms with Crippen LogP contribution in [0.15, 0.2) is 71.3 Å². The molecule has 2 aromatic carbocycles. The number of benzene rings is 2. The van der Waals surface area contributed by atoms with Gasteiger partial charge in [0.1, 0.15) is 11.3 Å². The number of carbonyl (C=O) groups is 2. The number of para-hydroxylation sites is 2. The molecule has 0 aliphatic carbocycles. The van der Waals surface area contributed by atoms with Gasteiger partial charge in [0.15, 0.2) is 5.76 Å². The lowest BCUT2D eigenvalue weighted by atomic mass is 10.2. The van der Waals surface area contributed by atoms with Gasteiger partial charge < -0.3 is 19.6 Å². The number of carbonyl (C=O) groups excluding carboxylic acids is 2. The van der Waals surface area contributed by atoms with Crippen LogP contribution in [0.3, 0.4) is 0 Å². The molecule has 0 saturated heterocycles. The second-order valence-electron chi connectivity index (χ2n) is 5.87. The number of fused-ring (bicyclic) bond motifs is 1. The lowest BCUT2D eigenvalue weighted by Crippen LogP contribution is -2.37. The highest BCUT2D eigenvalue weighted by atomic mass is 16.4. The van der Waals surface area contributed by atoms with Crippen LogP contribution in [0.5, 0.6) is 0 Å². The number of carboxylic acids is 1. The van der Waals surface area contributed by atoms with E-state index >= 15 is 0 Å². The maximum Gasteiger partial charge on any atom is 0.255 e. The Kier molecular flexibility index (Phi) is 4.18. The number of nitrogens with one attached hydrogen (secondary N) is 1. The summed E-state index contributed by atoms with van der Waals surface area (Å²) >= 11 is 0. The molecule has 7 heteroatoms. The molecule has 2 aromatic heterocycles. The largest absolute Gasteiger partial charge is 0.548 e. The predicted octanol–water partition coefficient (Wildman–Crippen LogP) is 1.77. The first-order chi connectivity index (χ1) is 13.1. The summed E-state index contributed by atoms with van der Waals surface area (Å²) in [6, 6.07) is 18.5. The van der Waals surface area contributed by atoms with Gasteiger partial charge in [0.05, 0.1) is 23.8 Å². The third kappa shape index (κ3) is 3.30. The van der Waals surface area contributed by atoms with E-state index in [1.807, 2.05) is 54.6 Å². The Bertz CT molecular complexity index is 1100. The lowest BCUT2D eigenvalue weighted by molar-refractivity contribution is -0.303. The molecule has 4 rings (SSSR count). The van der Waals surface area contributed by atoms with Crippen LogP contribution in [-0.4, -0.2) is 28.2 Å². The first-order valence-electron chi connectivity index (χ1n) is 8.24. The molecule has 2 heterocycles. The van der Waals surface area contributed by atoms with E-state index < -0.39 is 18.4 Å². The number of amides is 1. The van der Waals surface area contributed by atoms with E-state index in [9.17, 15) is 14.7 Å². The van der Waals surface area contributed by atoms with Crippen molar-refractivity contribution in [3.8, 4) is 17.1 Å². The number of carboxylic acid groups (broad SMARTS) is 1. The van der Waals surface area contributed by atoms with Gasteiger partial charge in [0.25, 0.3) is 5.91 Å². The van der Waals surface area contributed by atoms with Crippen molar-refractivity contribution in [1.82, 2.24) is 15.1 Å². The third-order valence-corrected chi connectivity index (χ3v) is 4.03. The maximum absolute atomic E-state index is 12.5. The summed E-state index contributed by atoms with van der Waals surface area (Å²) in [5.74, 6) is -1.52. The average Bonchev–Trinajstić information content (AvgIpc) is 3.31. The molecule has 0 saturated carbocycles. The highest BCUT2D eigenvalue weighted by molar-refractivity contribution is 6.01. The van der Waals surface area contributed by atoms with Crippen molar-refractivity contribution < 1.29 is 19.1 Å². The summed E-state index contributed by atoms with van der Waals surface area (Å²) in [6.45, 7) is -0.588. The number of furan rings is 1. The fraction of sp³-hybridized carbons (Fsp3) is 0.0500. The predicted molar refractivity (Wildman–Crippen MR) is 96.1 cm³/mol. The lowest BCUT2D eigenvalue weighted by Gasteiger charge is -2.04. The quantitative estimate of drug-likeness (QED) is 0.585. The minimum absolute atomic E-state index is 0.208. The zero-order valence-corrected chi connectivity index (χ0v) is 14.1. The average molecular weight is 360 g/mol. The van der Waals surface area contributed by atoms with E-state index in [4.69, 9.17) is 4.42 Å². The van der Waals surface area contributed by atoms with Gasteiger partial charge in [-0.3, -0.25) is 4.79 Å². The normalized spacial score (nSPS) is 10.8. The number of hydrogen-bond donors (Lipinski definition) is 1. The fourth-order valence-corrected chi connectivity index (χ4v) is 2.78. The molecule has 27 heavy (non-hydrogen) atoms. The molecule has 0 unspecified atom stereocenters. The van der Waals surface area contributed by atoms with Crippen molar-refractivity contribution in [2.75, 3.05) is 6.54 Å². The molecule has 0 bridgehead atoms. The first kappa shape index (κ1) is 16.6. The van der Waals surface area contributed by atoms with Crippen LogP contribution in [0, 0.1) is 0 Å². The molecule has 1 N–H and O–H groups in total. The van der Waals surface area contributed by atoms with Crippen molar-refractivity contribution in [2.24, 2.45) is 0 Å². The van der Waals surface area contributed by atoms with Gasteiger partial charge in [-0.2, -0.15) is 5.10 Å². The molecule has 0 aliphatic rings. The smallest absolute Gasteiger partial charge is 0.255 e. The zero-order valence-electron chi connectivity index (χ0n) is 14.1. The second kappa shape index (κ2) is 6.80. The number of aliphatic carboxylic acids is 1.